The van der Waals surface area contributed by atoms with Crippen LogP contribution in [0.3, 0.4) is 0 Å². The molecule has 0 amide bonds. The highest BCUT2D eigenvalue weighted by Crippen LogP contribution is 2.45. The Bertz CT molecular complexity index is 2790. The van der Waals surface area contributed by atoms with E-state index in [9.17, 15) is 0 Å². The maximum absolute atomic E-state index is 2.64. The lowest BCUT2D eigenvalue weighted by Crippen LogP contribution is -2.59. The second-order valence-corrected chi connectivity index (χ2v) is 17.1. The van der Waals surface area contributed by atoms with Crippen molar-refractivity contribution in [3.8, 4) is 11.4 Å². The third-order valence-electron chi connectivity index (χ3n) is 13.6. The van der Waals surface area contributed by atoms with Gasteiger partial charge in [-0.2, -0.15) is 0 Å². The molecule has 2 aliphatic heterocycles. The second kappa shape index (κ2) is 14.0. The molecule has 0 atom stereocenters. The summed E-state index contributed by atoms with van der Waals surface area (Å²) in [6.45, 7) is 11.8. The minimum absolute atomic E-state index is 0.0165. The molecule has 2 aromatic heterocycles. The Morgan fingerprint density at radius 1 is 0.467 bits per heavy atom. The highest BCUT2D eigenvalue weighted by molar-refractivity contribution is 7.00. The molecule has 292 valence electrons. The van der Waals surface area contributed by atoms with Crippen molar-refractivity contribution in [1.29, 1.82) is 0 Å². The molecule has 11 rings (SSSR count). The Hall–Kier alpha value is -6.72. The van der Waals surface area contributed by atoms with Crippen molar-refractivity contribution in [1.82, 2.24) is 9.13 Å². The molecule has 7 aromatic carbocycles. The zero-order valence-corrected chi connectivity index (χ0v) is 35.2. The summed E-state index contributed by atoms with van der Waals surface area (Å²) in [5, 5.41) is 2.57. The SMILES string of the molecule is CCc1cc2c(N(c3ccccc3)c3ccccc3)ccc3c2n1-c1cc(C(C)(C)CC)cc2c1B3c1ccc(N(c3ccccc3)c3ccccc3)c3cc(CC)n-2c13. The largest absolute Gasteiger partial charge is 0.314 e. The van der Waals surface area contributed by atoms with Gasteiger partial charge in [0.15, 0.2) is 0 Å². The van der Waals surface area contributed by atoms with Crippen molar-refractivity contribution in [2.75, 3.05) is 9.80 Å². The average molecular weight is 777 g/mol. The van der Waals surface area contributed by atoms with Crippen LogP contribution in [0.25, 0.3) is 33.2 Å². The monoisotopic (exact) mass is 776 g/mol. The van der Waals surface area contributed by atoms with Crippen molar-refractivity contribution in [2.45, 2.75) is 59.3 Å². The minimum atomic E-state index is -0.0165. The van der Waals surface area contributed by atoms with Gasteiger partial charge in [0, 0.05) is 56.3 Å². The number of hydrogen-bond acceptors (Lipinski definition) is 2. The van der Waals surface area contributed by atoms with Crippen LogP contribution in [0.2, 0.25) is 0 Å². The lowest BCUT2D eigenvalue weighted by atomic mass is 9.34. The number of fused-ring (bicyclic) bond motifs is 4. The summed E-state index contributed by atoms with van der Waals surface area (Å²) in [6, 6.07) is 63.1. The molecule has 9 aromatic rings. The van der Waals surface area contributed by atoms with E-state index in [4.69, 9.17) is 0 Å². The van der Waals surface area contributed by atoms with Crippen LogP contribution in [-0.4, -0.2) is 15.8 Å². The first kappa shape index (κ1) is 36.4. The molecule has 4 heterocycles. The summed E-state index contributed by atoms with van der Waals surface area (Å²) in [6.07, 6.45) is 2.90. The van der Waals surface area contributed by atoms with Crippen LogP contribution in [0.15, 0.2) is 170 Å². The molecule has 60 heavy (non-hydrogen) atoms. The van der Waals surface area contributed by atoms with E-state index in [0.29, 0.717) is 0 Å². The van der Waals surface area contributed by atoms with Crippen LogP contribution in [0.4, 0.5) is 34.1 Å². The van der Waals surface area contributed by atoms with E-state index in [1.807, 2.05) is 0 Å². The number of aromatic nitrogens is 2. The molecule has 5 heteroatoms. The van der Waals surface area contributed by atoms with Gasteiger partial charge in [-0.15, -0.1) is 0 Å². The van der Waals surface area contributed by atoms with Crippen LogP contribution in [0.5, 0.6) is 0 Å². The van der Waals surface area contributed by atoms with E-state index in [1.165, 1.54) is 77.9 Å². The molecular weight excluding hydrogens is 727 g/mol. The van der Waals surface area contributed by atoms with Gasteiger partial charge in [-0.25, -0.2) is 0 Å². The van der Waals surface area contributed by atoms with Crippen LogP contribution in [0.1, 0.15) is 58.0 Å². The predicted molar refractivity (Wildman–Crippen MR) is 256 cm³/mol. The molecule has 0 aliphatic carbocycles. The number of hydrogen-bond donors (Lipinski definition) is 0. The summed E-state index contributed by atoms with van der Waals surface area (Å²) in [4.78, 5) is 4.88. The zero-order valence-electron chi connectivity index (χ0n) is 35.2. The molecule has 0 N–H and O–H groups in total. The lowest BCUT2D eigenvalue weighted by Gasteiger charge is -2.37. The van der Waals surface area contributed by atoms with E-state index in [2.05, 4.69) is 223 Å². The van der Waals surface area contributed by atoms with Gasteiger partial charge in [0.1, 0.15) is 0 Å². The zero-order chi connectivity index (χ0) is 40.7. The molecule has 0 radical (unpaired) electrons. The smallest absolute Gasteiger partial charge is 0.252 e. The first-order valence-electron chi connectivity index (χ1n) is 21.8. The maximum atomic E-state index is 2.64. The first-order valence-corrected chi connectivity index (χ1v) is 21.8. The normalized spacial score (nSPS) is 12.6. The van der Waals surface area contributed by atoms with Crippen LogP contribution in [0, 0.1) is 0 Å². The van der Waals surface area contributed by atoms with E-state index in [0.717, 1.165) is 42.0 Å². The Morgan fingerprint density at radius 2 is 0.833 bits per heavy atom. The number of aryl methyl sites for hydroxylation is 2. The molecular formula is C55H49BN4. The maximum Gasteiger partial charge on any atom is 0.252 e. The average Bonchev–Trinajstić information content (AvgIpc) is 3.90. The van der Waals surface area contributed by atoms with Gasteiger partial charge in [-0.1, -0.05) is 120 Å². The van der Waals surface area contributed by atoms with Crippen molar-refractivity contribution in [3.05, 3.63) is 187 Å². The fourth-order valence-electron chi connectivity index (χ4n) is 10.2. The number of anilines is 6. The quantitative estimate of drug-likeness (QED) is 0.129. The van der Waals surface area contributed by atoms with Crippen LogP contribution in [-0.2, 0) is 18.3 Å². The van der Waals surface area contributed by atoms with E-state index in [-0.39, 0.29) is 12.1 Å². The van der Waals surface area contributed by atoms with E-state index in [1.54, 1.807) is 0 Å². The molecule has 0 fully saturated rings. The highest BCUT2D eigenvalue weighted by Gasteiger charge is 2.42. The number of nitrogens with zero attached hydrogens (tertiary/aromatic N) is 4. The van der Waals surface area contributed by atoms with Gasteiger partial charge in [0.25, 0.3) is 6.71 Å². The number of rotatable bonds is 10. The third kappa shape index (κ3) is 5.31. The Balaban J connectivity index is 1.24. The van der Waals surface area contributed by atoms with Gasteiger partial charge in [0.05, 0.1) is 22.4 Å². The van der Waals surface area contributed by atoms with E-state index >= 15 is 0 Å². The van der Waals surface area contributed by atoms with Gasteiger partial charge in [0.2, 0.25) is 0 Å². The molecule has 0 saturated carbocycles. The predicted octanol–water partition coefficient (Wildman–Crippen LogP) is 12.5. The molecule has 2 aliphatic rings. The topological polar surface area (TPSA) is 16.3 Å². The van der Waals surface area contributed by atoms with Crippen molar-refractivity contribution in [3.63, 3.8) is 0 Å². The summed E-state index contributed by atoms with van der Waals surface area (Å²) in [5.74, 6) is 0. The van der Waals surface area contributed by atoms with Gasteiger partial charge in [-0.3, -0.25) is 0 Å². The van der Waals surface area contributed by atoms with Crippen molar-refractivity contribution >= 4 is 79.0 Å². The fourth-order valence-corrected chi connectivity index (χ4v) is 10.2. The van der Waals surface area contributed by atoms with E-state index < -0.39 is 0 Å². The second-order valence-electron chi connectivity index (χ2n) is 17.1. The number of para-hydroxylation sites is 4. The standard InChI is InChI=1S/C55H49BN4/c1-6-38-35-44-48(57(40-21-13-9-14-22-40)41-23-15-10-16-24-41)31-29-46-53(44)59(38)50-33-37(55(4,5)8-3)34-51-52(50)56(46)47-30-32-49(45-36-39(7-2)60(51)54(45)47)58(42-25-17-11-18-26-42)43-27-19-12-20-28-43/h9-36H,6-8H2,1-5H3. The summed E-state index contributed by atoms with van der Waals surface area (Å²) >= 11 is 0. The molecule has 0 bridgehead atoms. The van der Waals surface area contributed by atoms with Gasteiger partial charge in [-0.05, 0) is 132 Å². The van der Waals surface area contributed by atoms with Crippen LogP contribution >= 0.6 is 0 Å². The minimum Gasteiger partial charge on any atom is -0.314 e. The number of benzene rings is 7. The molecule has 0 spiro atoms. The summed E-state index contributed by atoms with van der Waals surface area (Å²) in [7, 11) is 0. The van der Waals surface area contributed by atoms with Crippen LogP contribution < -0.4 is 26.2 Å². The third-order valence-corrected chi connectivity index (χ3v) is 13.6. The summed E-state index contributed by atoms with van der Waals surface area (Å²) in [5.41, 5.74) is 20.5. The molecule has 4 nitrogen and oxygen atoms in total. The fraction of sp³-hybridized carbons (Fsp3) is 0.164. The summed E-state index contributed by atoms with van der Waals surface area (Å²) < 4.78 is 5.29. The molecule has 0 saturated heterocycles. The lowest BCUT2D eigenvalue weighted by molar-refractivity contribution is 0.506. The van der Waals surface area contributed by atoms with Gasteiger partial charge >= 0.3 is 0 Å². The van der Waals surface area contributed by atoms with Gasteiger partial charge < -0.3 is 18.9 Å². The highest BCUT2D eigenvalue weighted by atomic mass is 15.2. The van der Waals surface area contributed by atoms with Crippen molar-refractivity contribution < 1.29 is 0 Å². The first-order chi connectivity index (χ1) is 29.4. The Kier molecular flexibility index (Phi) is 8.46. The Morgan fingerprint density at radius 3 is 1.17 bits per heavy atom. The van der Waals surface area contributed by atoms with Crippen molar-refractivity contribution in [2.24, 2.45) is 0 Å². The molecule has 0 unspecified atom stereocenters. The Labute approximate surface area is 354 Å².